The highest BCUT2D eigenvalue weighted by molar-refractivity contribution is 5.73. The molecule has 0 radical (unpaired) electrons. The minimum absolute atomic E-state index is 0.0350. The van der Waals surface area contributed by atoms with Crippen molar-refractivity contribution in [1.82, 2.24) is 0 Å². The van der Waals surface area contributed by atoms with E-state index in [0.29, 0.717) is 23.2 Å². The summed E-state index contributed by atoms with van der Waals surface area (Å²) < 4.78 is 5.70. The predicted molar refractivity (Wildman–Crippen MR) is 71.1 cm³/mol. The highest BCUT2D eigenvalue weighted by atomic mass is 16.6. The molecule has 3 aliphatic rings. The molecule has 0 amide bonds. The van der Waals surface area contributed by atoms with Crippen molar-refractivity contribution in [3.63, 3.8) is 0 Å². The van der Waals surface area contributed by atoms with Crippen LogP contribution in [0.3, 0.4) is 0 Å². The fraction of sp³-hybridized carbons (Fsp3) is 0.938. The van der Waals surface area contributed by atoms with Crippen molar-refractivity contribution in [3.05, 3.63) is 0 Å². The minimum Gasteiger partial charge on any atom is -0.459 e. The van der Waals surface area contributed by atoms with Crippen LogP contribution in [0.25, 0.3) is 0 Å². The monoisotopic (exact) mass is 250 g/mol. The van der Waals surface area contributed by atoms with E-state index in [4.69, 9.17) is 4.74 Å². The molecule has 2 saturated carbocycles. The standard InChI is InChI=1S/C16H26O2/c1-14(2)7-5-8-15(3)11(14)6-9-16(4)12(15)10-13(17)18-16/h11-12H,5-10H2,1-4H3/t11?,12-,15+,16-/m0/s1. The number of ether oxygens (including phenoxy) is 1. The maximum Gasteiger partial charge on any atom is 0.306 e. The number of carbonyl (C=O) groups is 1. The van der Waals surface area contributed by atoms with E-state index in [-0.39, 0.29) is 11.6 Å². The average molecular weight is 250 g/mol. The zero-order valence-corrected chi connectivity index (χ0v) is 12.2. The minimum atomic E-state index is -0.171. The SMILES string of the molecule is CC1(C)CCC[C@]2(C)C1CC[C@]1(C)OC(=O)C[C@H]12. The molecule has 0 N–H and O–H groups in total. The number of rotatable bonds is 0. The quantitative estimate of drug-likeness (QED) is 0.609. The lowest BCUT2D eigenvalue weighted by Crippen LogP contribution is -2.55. The second kappa shape index (κ2) is 3.52. The van der Waals surface area contributed by atoms with Crippen molar-refractivity contribution in [1.29, 1.82) is 0 Å². The first kappa shape index (κ1) is 12.5. The van der Waals surface area contributed by atoms with E-state index >= 15 is 0 Å². The zero-order chi connectivity index (χ0) is 13.2. The first-order chi connectivity index (χ1) is 8.28. The Bertz CT molecular complexity index is 387. The summed E-state index contributed by atoms with van der Waals surface area (Å²) in [5, 5.41) is 0. The van der Waals surface area contributed by atoms with Crippen molar-refractivity contribution >= 4 is 5.97 Å². The van der Waals surface area contributed by atoms with Crippen molar-refractivity contribution in [2.24, 2.45) is 22.7 Å². The second-order valence-corrected chi connectivity index (χ2v) is 7.98. The third kappa shape index (κ3) is 1.50. The van der Waals surface area contributed by atoms with Crippen LogP contribution in [-0.2, 0) is 9.53 Å². The van der Waals surface area contributed by atoms with Crippen LogP contribution >= 0.6 is 0 Å². The maximum atomic E-state index is 11.8. The molecular formula is C16H26O2. The van der Waals surface area contributed by atoms with Crippen molar-refractivity contribution in [2.45, 2.75) is 71.8 Å². The third-order valence-electron chi connectivity index (χ3n) is 6.46. The van der Waals surface area contributed by atoms with Crippen LogP contribution in [0, 0.1) is 22.7 Å². The Morgan fingerprint density at radius 2 is 1.78 bits per heavy atom. The van der Waals surface area contributed by atoms with Gasteiger partial charge in [0.05, 0.1) is 6.42 Å². The molecule has 2 aliphatic carbocycles. The van der Waals surface area contributed by atoms with Gasteiger partial charge >= 0.3 is 5.97 Å². The molecule has 0 bridgehead atoms. The first-order valence-corrected chi connectivity index (χ1v) is 7.50. The van der Waals surface area contributed by atoms with Crippen molar-refractivity contribution < 1.29 is 9.53 Å². The lowest BCUT2D eigenvalue weighted by molar-refractivity contribution is -0.164. The molecule has 1 aliphatic heterocycles. The predicted octanol–water partition coefficient (Wildman–Crippen LogP) is 3.93. The zero-order valence-electron chi connectivity index (χ0n) is 12.2. The van der Waals surface area contributed by atoms with E-state index in [9.17, 15) is 4.79 Å². The Morgan fingerprint density at radius 1 is 1.06 bits per heavy atom. The summed E-state index contributed by atoms with van der Waals surface area (Å²) in [5.41, 5.74) is 0.566. The van der Waals surface area contributed by atoms with Crippen LogP contribution in [0.2, 0.25) is 0 Å². The topological polar surface area (TPSA) is 26.3 Å². The molecule has 3 fully saturated rings. The van der Waals surface area contributed by atoms with E-state index in [0.717, 1.165) is 12.3 Å². The largest absolute Gasteiger partial charge is 0.459 e. The van der Waals surface area contributed by atoms with Gasteiger partial charge in [0, 0.05) is 5.92 Å². The summed E-state index contributed by atoms with van der Waals surface area (Å²) in [7, 11) is 0. The summed E-state index contributed by atoms with van der Waals surface area (Å²) in [4.78, 5) is 11.8. The van der Waals surface area contributed by atoms with E-state index in [1.165, 1.54) is 25.7 Å². The van der Waals surface area contributed by atoms with E-state index < -0.39 is 0 Å². The summed E-state index contributed by atoms with van der Waals surface area (Å²) in [5.74, 6) is 1.23. The molecule has 4 atom stereocenters. The molecule has 2 nitrogen and oxygen atoms in total. The Balaban J connectivity index is 2.00. The Hall–Kier alpha value is -0.530. The summed E-state index contributed by atoms with van der Waals surface area (Å²) >= 11 is 0. The normalized spacial score (nSPS) is 50.3. The molecule has 3 rings (SSSR count). The maximum absolute atomic E-state index is 11.8. The van der Waals surface area contributed by atoms with E-state index in [1.807, 2.05) is 0 Å². The number of hydrogen-bond acceptors (Lipinski definition) is 2. The van der Waals surface area contributed by atoms with E-state index in [1.54, 1.807) is 0 Å². The Morgan fingerprint density at radius 3 is 2.50 bits per heavy atom. The van der Waals surface area contributed by atoms with Gasteiger partial charge in [-0.15, -0.1) is 0 Å². The van der Waals surface area contributed by atoms with Gasteiger partial charge in [-0.1, -0.05) is 27.2 Å². The van der Waals surface area contributed by atoms with E-state index in [2.05, 4.69) is 27.7 Å². The molecule has 102 valence electrons. The highest BCUT2D eigenvalue weighted by Crippen LogP contribution is 2.64. The number of esters is 1. The molecule has 0 aromatic rings. The summed E-state index contributed by atoms with van der Waals surface area (Å²) in [6, 6.07) is 0. The first-order valence-electron chi connectivity index (χ1n) is 7.50. The lowest BCUT2D eigenvalue weighted by Gasteiger charge is -2.59. The molecule has 2 heteroatoms. The Labute approximate surface area is 110 Å². The molecule has 0 spiro atoms. The molecule has 1 unspecified atom stereocenters. The number of hydrogen-bond donors (Lipinski definition) is 0. The van der Waals surface area contributed by atoms with Gasteiger partial charge in [-0.2, -0.15) is 0 Å². The van der Waals surface area contributed by atoms with Gasteiger partial charge < -0.3 is 4.74 Å². The van der Waals surface area contributed by atoms with Crippen molar-refractivity contribution in [2.75, 3.05) is 0 Å². The lowest BCUT2D eigenvalue weighted by atomic mass is 9.45. The van der Waals surface area contributed by atoms with Gasteiger partial charge in [0.2, 0.25) is 0 Å². The molecule has 18 heavy (non-hydrogen) atoms. The van der Waals surface area contributed by atoms with Crippen LogP contribution in [0.4, 0.5) is 0 Å². The number of carbonyl (C=O) groups excluding carboxylic acids is 1. The summed E-state index contributed by atoms with van der Waals surface area (Å²) in [6.07, 6.45) is 6.86. The molecular weight excluding hydrogens is 224 g/mol. The molecule has 1 saturated heterocycles. The van der Waals surface area contributed by atoms with Crippen LogP contribution in [0.15, 0.2) is 0 Å². The van der Waals surface area contributed by atoms with Crippen LogP contribution < -0.4 is 0 Å². The van der Waals surface area contributed by atoms with Gasteiger partial charge in [0.1, 0.15) is 5.60 Å². The van der Waals surface area contributed by atoms with Gasteiger partial charge in [-0.05, 0) is 49.4 Å². The fourth-order valence-corrected chi connectivity index (χ4v) is 5.65. The molecule has 0 aromatic carbocycles. The van der Waals surface area contributed by atoms with Gasteiger partial charge in [-0.25, -0.2) is 0 Å². The number of fused-ring (bicyclic) bond motifs is 3. The Kier molecular flexibility index (Phi) is 2.44. The smallest absolute Gasteiger partial charge is 0.306 e. The van der Waals surface area contributed by atoms with Crippen molar-refractivity contribution in [3.8, 4) is 0 Å². The van der Waals surface area contributed by atoms with Crippen LogP contribution in [0.5, 0.6) is 0 Å². The van der Waals surface area contributed by atoms with Gasteiger partial charge in [-0.3, -0.25) is 4.79 Å². The van der Waals surface area contributed by atoms with Gasteiger partial charge in [0.25, 0.3) is 0 Å². The third-order valence-corrected chi connectivity index (χ3v) is 6.46. The average Bonchev–Trinajstić information content (AvgIpc) is 2.53. The molecule has 1 heterocycles. The second-order valence-electron chi connectivity index (χ2n) is 7.98. The fourth-order valence-electron chi connectivity index (χ4n) is 5.65. The van der Waals surface area contributed by atoms with Gasteiger partial charge in [0.15, 0.2) is 0 Å². The van der Waals surface area contributed by atoms with Crippen LogP contribution in [0.1, 0.15) is 66.2 Å². The summed E-state index contributed by atoms with van der Waals surface area (Å²) in [6.45, 7) is 9.46. The highest BCUT2D eigenvalue weighted by Gasteiger charge is 2.62. The van der Waals surface area contributed by atoms with Crippen LogP contribution in [-0.4, -0.2) is 11.6 Å². The molecule has 0 aromatic heterocycles.